The number of thiocarbonyl (C=S) groups is 1. The lowest BCUT2D eigenvalue weighted by atomic mass is 10.0. The molecule has 0 saturated carbocycles. The highest BCUT2D eigenvalue weighted by molar-refractivity contribution is 8.23. The molecule has 4 N–H and O–H groups in total. The number of aliphatic hydroxyl groups excluding tert-OH is 4. The van der Waals surface area contributed by atoms with Crippen molar-refractivity contribution in [3.63, 3.8) is 0 Å². The molecule has 1 fully saturated rings. The molecular weight excluding hydrogens is 290 g/mol. The van der Waals surface area contributed by atoms with Crippen LogP contribution in [-0.2, 0) is 4.74 Å². The van der Waals surface area contributed by atoms with E-state index in [1.807, 2.05) is 18.7 Å². The summed E-state index contributed by atoms with van der Waals surface area (Å²) in [5, 5.41) is 37.8. The SMILES string of the molecule is CCN(CC)C(=S)S[C@H]1[C@H](O)[C@@H](CO)OC(O)[C@@H]1O. The van der Waals surface area contributed by atoms with E-state index >= 15 is 0 Å². The molecule has 0 amide bonds. The van der Waals surface area contributed by atoms with E-state index in [0.29, 0.717) is 4.32 Å². The Labute approximate surface area is 122 Å². The molecule has 19 heavy (non-hydrogen) atoms. The van der Waals surface area contributed by atoms with E-state index in [9.17, 15) is 15.3 Å². The van der Waals surface area contributed by atoms with Crippen LogP contribution >= 0.6 is 24.0 Å². The van der Waals surface area contributed by atoms with Gasteiger partial charge in [0, 0.05) is 13.1 Å². The maximum Gasteiger partial charge on any atom is 0.182 e. The Kier molecular flexibility index (Phi) is 6.95. The molecule has 8 heteroatoms. The van der Waals surface area contributed by atoms with Crippen molar-refractivity contribution in [3.8, 4) is 0 Å². The number of rotatable bonds is 4. The maximum absolute atomic E-state index is 10.0. The number of hydrogen-bond acceptors (Lipinski definition) is 7. The van der Waals surface area contributed by atoms with E-state index in [0.717, 1.165) is 24.9 Å². The van der Waals surface area contributed by atoms with Crippen LogP contribution in [0.3, 0.4) is 0 Å². The molecule has 0 aromatic heterocycles. The van der Waals surface area contributed by atoms with Crippen molar-refractivity contribution in [1.29, 1.82) is 0 Å². The zero-order valence-electron chi connectivity index (χ0n) is 11.0. The summed E-state index contributed by atoms with van der Waals surface area (Å²) in [5.74, 6) is 0. The summed E-state index contributed by atoms with van der Waals surface area (Å²) < 4.78 is 5.46. The third-order valence-corrected chi connectivity index (χ3v) is 4.94. The number of thioether (sulfide) groups is 1. The van der Waals surface area contributed by atoms with E-state index in [1.54, 1.807) is 0 Å². The number of aliphatic hydroxyl groups is 4. The van der Waals surface area contributed by atoms with Gasteiger partial charge in [-0.3, -0.25) is 0 Å². The van der Waals surface area contributed by atoms with Gasteiger partial charge in [-0.2, -0.15) is 0 Å². The lowest BCUT2D eigenvalue weighted by Gasteiger charge is -2.40. The van der Waals surface area contributed by atoms with Crippen molar-refractivity contribution >= 4 is 28.3 Å². The Morgan fingerprint density at radius 3 is 2.26 bits per heavy atom. The first-order valence-corrected chi connectivity index (χ1v) is 7.51. The normalized spacial score (nSPS) is 35.2. The fourth-order valence-electron chi connectivity index (χ4n) is 1.88. The van der Waals surface area contributed by atoms with Gasteiger partial charge in [-0.25, -0.2) is 0 Å². The minimum Gasteiger partial charge on any atom is -0.394 e. The minimum atomic E-state index is -1.43. The zero-order valence-corrected chi connectivity index (χ0v) is 12.6. The molecule has 0 aromatic carbocycles. The van der Waals surface area contributed by atoms with Crippen LogP contribution in [0.4, 0.5) is 0 Å². The van der Waals surface area contributed by atoms with Crippen molar-refractivity contribution < 1.29 is 25.2 Å². The zero-order chi connectivity index (χ0) is 14.6. The molecule has 0 radical (unpaired) electrons. The van der Waals surface area contributed by atoms with Gasteiger partial charge in [0.05, 0.1) is 18.0 Å². The summed E-state index contributed by atoms with van der Waals surface area (Å²) in [7, 11) is 0. The van der Waals surface area contributed by atoms with Crippen LogP contribution in [0.2, 0.25) is 0 Å². The Hall–Kier alpha value is 0.0400. The lowest BCUT2D eigenvalue weighted by molar-refractivity contribution is -0.248. The van der Waals surface area contributed by atoms with Gasteiger partial charge in [0.1, 0.15) is 16.5 Å². The highest BCUT2D eigenvalue weighted by Crippen LogP contribution is 2.31. The summed E-state index contributed by atoms with van der Waals surface area (Å²) >= 11 is 6.38. The molecule has 1 aliphatic heterocycles. The van der Waals surface area contributed by atoms with Crippen LogP contribution in [-0.4, -0.2) is 79.2 Å². The van der Waals surface area contributed by atoms with Crippen LogP contribution in [0.25, 0.3) is 0 Å². The fourth-order valence-corrected chi connectivity index (χ4v) is 3.70. The number of hydrogen-bond donors (Lipinski definition) is 4. The first kappa shape index (κ1) is 17.1. The van der Waals surface area contributed by atoms with Gasteiger partial charge >= 0.3 is 0 Å². The van der Waals surface area contributed by atoms with Gasteiger partial charge < -0.3 is 30.1 Å². The molecule has 0 aromatic rings. The lowest BCUT2D eigenvalue weighted by Crippen LogP contribution is -2.57. The molecule has 1 unspecified atom stereocenters. The molecule has 0 aliphatic carbocycles. The van der Waals surface area contributed by atoms with Gasteiger partial charge in [-0.1, -0.05) is 24.0 Å². The second-order valence-corrected chi connectivity index (χ2v) is 6.06. The standard InChI is InChI=1S/C11H21NO5S2/c1-3-12(4-2)11(18)19-9-7(14)6(5-13)17-10(16)8(9)15/h6-10,13-16H,3-5H2,1-2H3/t6-,7-,8-,9+,10?/m1/s1. The summed E-state index contributed by atoms with van der Waals surface area (Å²) in [6, 6.07) is 0. The fraction of sp³-hybridized carbons (Fsp3) is 0.909. The van der Waals surface area contributed by atoms with E-state index in [1.165, 1.54) is 0 Å². The molecule has 1 rings (SSSR count). The molecule has 0 bridgehead atoms. The molecule has 1 heterocycles. The molecule has 112 valence electrons. The summed E-state index contributed by atoms with van der Waals surface area (Å²) in [6.07, 6.45) is -4.70. The van der Waals surface area contributed by atoms with Crippen molar-refractivity contribution in [2.45, 2.75) is 43.7 Å². The summed E-state index contributed by atoms with van der Waals surface area (Å²) in [5.41, 5.74) is 0. The predicted molar refractivity (Wildman–Crippen MR) is 76.9 cm³/mol. The monoisotopic (exact) mass is 311 g/mol. The summed E-state index contributed by atoms with van der Waals surface area (Å²) in [6.45, 7) is 4.94. The molecule has 1 saturated heterocycles. The van der Waals surface area contributed by atoms with Crippen molar-refractivity contribution in [3.05, 3.63) is 0 Å². The number of ether oxygens (including phenoxy) is 1. The quantitative estimate of drug-likeness (QED) is 0.499. The smallest absolute Gasteiger partial charge is 0.182 e. The van der Waals surface area contributed by atoms with Crippen LogP contribution in [0.5, 0.6) is 0 Å². The van der Waals surface area contributed by atoms with Crippen LogP contribution < -0.4 is 0 Å². The van der Waals surface area contributed by atoms with Crippen LogP contribution in [0.15, 0.2) is 0 Å². The van der Waals surface area contributed by atoms with Crippen LogP contribution in [0, 0.1) is 0 Å². The third kappa shape index (κ3) is 4.01. The first-order valence-electron chi connectivity index (χ1n) is 6.22. The highest BCUT2D eigenvalue weighted by Gasteiger charge is 2.44. The van der Waals surface area contributed by atoms with Gasteiger partial charge in [0.25, 0.3) is 0 Å². The predicted octanol–water partition coefficient (Wildman–Crippen LogP) is -0.854. The minimum absolute atomic E-state index is 0.431. The Balaban J connectivity index is 2.75. The van der Waals surface area contributed by atoms with E-state index in [-0.39, 0.29) is 0 Å². The van der Waals surface area contributed by atoms with Gasteiger partial charge in [0.2, 0.25) is 0 Å². The van der Waals surface area contributed by atoms with Gasteiger partial charge in [-0.05, 0) is 13.8 Å². The largest absolute Gasteiger partial charge is 0.394 e. The van der Waals surface area contributed by atoms with Crippen molar-refractivity contribution in [1.82, 2.24) is 4.90 Å². The number of nitrogens with zero attached hydrogens (tertiary/aromatic N) is 1. The first-order chi connectivity index (χ1) is 8.96. The maximum atomic E-state index is 10.0. The van der Waals surface area contributed by atoms with E-state index < -0.39 is 36.5 Å². The van der Waals surface area contributed by atoms with Gasteiger partial charge in [0.15, 0.2) is 6.29 Å². The Morgan fingerprint density at radius 2 is 1.79 bits per heavy atom. The third-order valence-electron chi connectivity index (χ3n) is 3.10. The average Bonchev–Trinajstić information content (AvgIpc) is 2.40. The Morgan fingerprint density at radius 1 is 1.21 bits per heavy atom. The van der Waals surface area contributed by atoms with Crippen molar-refractivity contribution in [2.24, 2.45) is 0 Å². The average molecular weight is 311 g/mol. The topological polar surface area (TPSA) is 93.4 Å². The molecule has 5 atom stereocenters. The van der Waals surface area contributed by atoms with E-state index in [2.05, 4.69) is 0 Å². The summed E-state index contributed by atoms with van der Waals surface area (Å²) in [4.78, 5) is 1.91. The van der Waals surface area contributed by atoms with Crippen LogP contribution in [0.1, 0.15) is 13.8 Å². The van der Waals surface area contributed by atoms with E-state index in [4.69, 9.17) is 22.1 Å². The highest BCUT2D eigenvalue weighted by atomic mass is 32.2. The van der Waals surface area contributed by atoms with Crippen molar-refractivity contribution in [2.75, 3.05) is 19.7 Å². The second-order valence-electron chi connectivity index (χ2n) is 4.25. The second kappa shape index (κ2) is 7.72. The molecule has 0 spiro atoms. The Bertz CT molecular complexity index is 303. The molecule has 1 aliphatic rings. The van der Waals surface area contributed by atoms with Gasteiger partial charge in [-0.15, -0.1) is 0 Å². The molecular formula is C11H21NO5S2. The molecule has 6 nitrogen and oxygen atoms in total.